The van der Waals surface area contributed by atoms with Gasteiger partial charge in [-0.25, -0.2) is 4.98 Å². The predicted octanol–water partition coefficient (Wildman–Crippen LogP) is 2.51. The molecule has 5 nitrogen and oxygen atoms in total. The minimum absolute atomic E-state index is 0.239. The van der Waals surface area contributed by atoms with Crippen molar-refractivity contribution in [1.82, 2.24) is 19.8 Å². The number of carbonyl (C=O) groups excluding carboxylic acids is 1. The van der Waals surface area contributed by atoms with Crippen LogP contribution < -0.4 is 0 Å². The average molecular weight is 356 g/mol. The Bertz CT molecular complexity index is 732. The largest absolute Gasteiger partial charge is 0.338 e. The van der Waals surface area contributed by atoms with Crippen LogP contribution in [0, 0.1) is 12.8 Å². The molecular formula is C19H24N4OS. The van der Waals surface area contributed by atoms with Gasteiger partial charge in [0.25, 0.3) is 0 Å². The van der Waals surface area contributed by atoms with E-state index in [0.717, 1.165) is 43.3 Å². The van der Waals surface area contributed by atoms with Crippen LogP contribution in [-0.4, -0.2) is 51.4 Å². The molecule has 5 heterocycles. The molecule has 0 N–H and O–H groups in total. The number of fused-ring (bicyclic) bond motifs is 4. The molecular weight excluding hydrogens is 332 g/mol. The molecule has 2 aromatic rings. The van der Waals surface area contributed by atoms with Crippen molar-refractivity contribution in [3.63, 3.8) is 0 Å². The van der Waals surface area contributed by atoms with Crippen LogP contribution in [0.25, 0.3) is 0 Å². The highest BCUT2D eigenvalue weighted by Crippen LogP contribution is 2.29. The number of thiazole rings is 1. The maximum Gasteiger partial charge on any atom is 0.228 e. The van der Waals surface area contributed by atoms with E-state index in [1.54, 1.807) is 11.3 Å². The number of pyridine rings is 1. The van der Waals surface area contributed by atoms with Gasteiger partial charge in [0.2, 0.25) is 5.91 Å². The molecule has 0 unspecified atom stereocenters. The van der Waals surface area contributed by atoms with Gasteiger partial charge < -0.3 is 4.90 Å². The van der Waals surface area contributed by atoms with Crippen molar-refractivity contribution in [2.24, 2.45) is 5.92 Å². The van der Waals surface area contributed by atoms with E-state index in [2.05, 4.69) is 25.8 Å². The maximum atomic E-state index is 12.8. The lowest BCUT2D eigenvalue weighted by Crippen LogP contribution is -2.48. The summed E-state index contributed by atoms with van der Waals surface area (Å²) in [5.74, 6) is 0.819. The molecule has 3 aliphatic rings. The highest BCUT2D eigenvalue weighted by atomic mass is 32.1. The summed E-state index contributed by atoms with van der Waals surface area (Å²) < 4.78 is 0. The molecule has 3 fully saturated rings. The molecule has 6 heteroatoms. The Labute approximate surface area is 152 Å². The molecule has 132 valence electrons. The molecule has 1 amide bonds. The van der Waals surface area contributed by atoms with E-state index in [1.807, 2.05) is 30.8 Å². The number of carbonyl (C=O) groups is 1. The standard InChI is InChI=1S/C19H24N4OS/c1-14-21-17(13-25-14)7-19(24)23-11-16-4-5-18(23)12-22(10-16)9-15-3-2-6-20-8-15/h2-3,6,8,13,16,18H,4-5,7,9-12H2,1H3/t16-,18+/m0/s1. The third-order valence-corrected chi connectivity index (χ3v) is 6.06. The molecule has 25 heavy (non-hydrogen) atoms. The SMILES string of the molecule is Cc1nc(CC(=O)N2C[C@H]3CC[C@@H]2CN(Cc2cccnc2)C3)cs1. The maximum absolute atomic E-state index is 12.8. The topological polar surface area (TPSA) is 49.3 Å². The lowest BCUT2D eigenvalue weighted by molar-refractivity contribution is -0.134. The second-order valence-corrected chi connectivity index (χ2v) is 8.30. The van der Waals surface area contributed by atoms with Crippen molar-refractivity contribution in [2.45, 2.75) is 38.8 Å². The summed E-state index contributed by atoms with van der Waals surface area (Å²) in [6.45, 7) is 5.85. The van der Waals surface area contributed by atoms with Gasteiger partial charge in [-0.2, -0.15) is 0 Å². The molecule has 0 saturated carbocycles. The van der Waals surface area contributed by atoms with Gasteiger partial charge in [0, 0.05) is 50.0 Å². The molecule has 0 aromatic carbocycles. The summed E-state index contributed by atoms with van der Waals surface area (Å²) in [5.41, 5.74) is 2.17. The second kappa shape index (κ2) is 7.22. The zero-order valence-electron chi connectivity index (χ0n) is 14.6. The van der Waals surface area contributed by atoms with Gasteiger partial charge in [-0.1, -0.05) is 6.07 Å². The molecule has 5 rings (SSSR count). The normalized spacial score (nSPS) is 23.6. The Morgan fingerprint density at radius 3 is 3.00 bits per heavy atom. The Morgan fingerprint density at radius 2 is 2.24 bits per heavy atom. The van der Waals surface area contributed by atoms with Crippen LogP contribution in [0.1, 0.15) is 29.1 Å². The first-order chi connectivity index (χ1) is 12.2. The zero-order chi connectivity index (χ0) is 17.2. The van der Waals surface area contributed by atoms with E-state index >= 15 is 0 Å². The molecule has 0 spiro atoms. The van der Waals surface area contributed by atoms with E-state index < -0.39 is 0 Å². The van der Waals surface area contributed by atoms with Crippen molar-refractivity contribution in [2.75, 3.05) is 19.6 Å². The number of rotatable bonds is 4. The molecule has 3 saturated heterocycles. The molecule has 2 bridgehead atoms. The van der Waals surface area contributed by atoms with E-state index in [4.69, 9.17) is 0 Å². The van der Waals surface area contributed by atoms with Crippen molar-refractivity contribution < 1.29 is 4.79 Å². The molecule has 2 atom stereocenters. The van der Waals surface area contributed by atoms with Crippen LogP contribution in [0.5, 0.6) is 0 Å². The Balaban J connectivity index is 1.43. The van der Waals surface area contributed by atoms with Gasteiger partial charge in [-0.05, 0) is 37.3 Å². The number of aryl methyl sites for hydroxylation is 1. The Kier molecular flexibility index (Phi) is 4.81. The number of amides is 1. The van der Waals surface area contributed by atoms with Gasteiger partial charge >= 0.3 is 0 Å². The number of hydrogen-bond acceptors (Lipinski definition) is 5. The molecule has 0 aliphatic carbocycles. The highest BCUT2D eigenvalue weighted by molar-refractivity contribution is 7.09. The number of nitrogens with zero attached hydrogens (tertiary/aromatic N) is 4. The average Bonchev–Trinajstić information content (AvgIpc) is 2.82. The summed E-state index contributed by atoms with van der Waals surface area (Å²) in [4.78, 5) is 26.2. The summed E-state index contributed by atoms with van der Waals surface area (Å²) in [5, 5.41) is 3.04. The van der Waals surface area contributed by atoms with E-state index in [-0.39, 0.29) is 5.91 Å². The summed E-state index contributed by atoms with van der Waals surface area (Å²) in [6, 6.07) is 4.46. The third-order valence-electron chi connectivity index (χ3n) is 5.24. The molecule has 0 radical (unpaired) electrons. The predicted molar refractivity (Wildman–Crippen MR) is 98.3 cm³/mol. The smallest absolute Gasteiger partial charge is 0.228 e. The minimum atomic E-state index is 0.239. The van der Waals surface area contributed by atoms with Crippen LogP contribution >= 0.6 is 11.3 Å². The first-order valence-corrected chi connectivity index (χ1v) is 9.87. The quantitative estimate of drug-likeness (QED) is 0.845. The fourth-order valence-electron chi connectivity index (χ4n) is 4.11. The highest BCUT2D eigenvalue weighted by Gasteiger charge is 2.37. The Morgan fingerprint density at radius 1 is 1.32 bits per heavy atom. The minimum Gasteiger partial charge on any atom is -0.338 e. The Hall–Kier alpha value is -1.79. The number of aromatic nitrogens is 2. The lowest BCUT2D eigenvalue weighted by Gasteiger charge is -2.36. The van der Waals surface area contributed by atoms with Crippen molar-refractivity contribution in [1.29, 1.82) is 0 Å². The van der Waals surface area contributed by atoms with Crippen molar-refractivity contribution in [3.05, 3.63) is 46.2 Å². The van der Waals surface area contributed by atoms with Crippen molar-refractivity contribution in [3.8, 4) is 0 Å². The molecule has 2 aromatic heterocycles. The van der Waals surface area contributed by atoms with E-state index in [9.17, 15) is 4.79 Å². The zero-order valence-corrected chi connectivity index (χ0v) is 15.4. The third kappa shape index (κ3) is 3.90. The fraction of sp³-hybridized carbons (Fsp3) is 0.526. The monoisotopic (exact) mass is 356 g/mol. The first-order valence-electron chi connectivity index (χ1n) is 8.99. The van der Waals surface area contributed by atoms with Gasteiger partial charge in [-0.15, -0.1) is 11.3 Å². The summed E-state index contributed by atoms with van der Waals surface area (Å²) in [7, 11) is 0. The van der Waals surface area contributed by atoms with Gasteiger partial charge in [-0.3, -0.25) is 14.7 Å². The van der Waals surface area contributed by atoms with E-state index in [1.165, 1.54) is 12.0 Å². The summed E-state index contributed by atoms with van der Waals surface area (Å²) >= 11 is 1.62. The van der Waals surface area contributed by atoms with Crippen LogP contribution in [-0.2, 0) is 17.8 Å². The second-order valence-electron chi connectivity index (χ2n) is 7.23. The summed E-state index contributed by atoms with van der Waals surface area (Å²) in [6.07, 6.45) is 6.55. The van der Waals surface area contributed by atoms with Gasteiger partial charge in [0.1, 0.15) is 0 Å². The first kappa shape index (κ1) is 16.7. The molecule has 3 aliphatic heterocycles. The van der Waals surface area contributed by atoms with Crippen LogP contribution in [0.3, 0.4) is 0 Å². The number of hydrogen-bond donors (Lipinski definition) is 0. The van der Waals surface area contributed by atoms with Crippen LogP contribution in [0.2, 0.25) is 0 Å². The van der Waals surface area contributed by atoms with E-state index in [0.29, 0.717) is 18.4 Å². The van der Waals surface area contributed by atoms with Gasteiger partial charge in [0.15, 0.2) is 0 Å². The fourth-order valence-corrected chi connectivity index (χ4v) is 4.72. The van der Waals surface area contributed by atoms with Crippen LogP contribution in [0.4, 0.5) is 0 Å². The number of piperidine rings is 1. The van der Waals surface area contributed by atoms with Gasteiger partial charge in [0.05, 0.1) is 17.1 Å². The van der Waals surface area contributed by atoms with Crippen molar-refractivity contribution >= 4 is 17.2 Å². The van der Waals surface area contributed by atoms with Crippen LogP contribution in [0.15, 0.2) is 29.9 Å². The lowest BCUT2D eigenvalue weighted by atomic mass is 9.94.